The molecule has 0 amide bonds. The molecule has 0 aliphatic heterocycles. The van der Waals surface area contributed by atoms with Crippen molar-refractivity contribution in [1.29, 1.82) is 0 Å². The van der Waals surface area contributed by atoms with Crippen LogP contribution >= 0.6 is 0 Å². The lowest BCUT2D eigenvalue weighted by atomic mass is 9.97. The molecule has 0 atom stereocenters. The van der Waals surface area contributed by atoms with Gasteiger partial charge in [-0.3, -0.25) is 9.59 Å². The van der Waals surface area contributed by atoms with E-state index in [0.717, 1.165) is 0 Å². The molecule has 0 saturated heterocycles. The number of para-hydroxylation sites is 2. The van der Waals surface area contributed by atoms with Crippen LogP contribution in [0.25, 0.3) is 0 Å². The summed E-state index contributed by atoms with van der Waals surface area (Å²) in [5.74, 6) is -0.349. The van der Waals surface area contributed by atoms with Crippen LogP contribution in [-0.4, -0.2) is 11.6 Å². The molecule has 3 rings (SSSR count). The van der Waals surface area contributed by atoms with Crippen LogP contribution in [0.4, 0.5) is 11.4 Å². The largest absolute Gasteiger partial charge is 0.398 e. The van der Waals surface area contributed by atoms with Crippen molar-refractivity contribution >= 4 is 22.9 Å². The molecule has 0 saturated carbocycles. The highest BCUT2D eigenvalue weighted by molar-refractivity contribution is 6.14. The van der Waals surface area contributed by atoms with Crippen molar-refractivity contribution in [3.8, 4) is 0 Å². The average Bonchev–Trinajstić information content (AvgIpc) is 2.61. The second-order valence-corrected chi connectivity index (χ2v) is 5.41. The number of carbonyl (C=O) groups is 2. The van der Waals surface area contributed by atoms with E-state index in [1.807, 2.05) is 0 Å². The summed E-state index contributed by atoms with van der Waals surface area (Å²) in [5.41, 5.74) is 14.4. The van der Waals surface area contributed by atoms with Gasteiger partial charge in [-0.05, 0) is 24.3 Å². The van der Waals surface area contributed by atoms with Crippen LogP contribution in [0, 0.1) is 0 Å². The van der Waals surface area contributed by atoms with Gasteiger partial charge in [0, 0.05) is 33.6 Å². The quantitative estimate of drug-likeness (QED) is 0.571. The van der Waals surface area contributed by atoms with Crippen LogP contribution in [0.5, 0.6) is 0 Å². The normalized spacial score (nSPS) is 10.3. The van der Waals surface area contributed by atoms with E-state index in [4.69, 9.17) is 11.5 Å². The van der Waals surface area contributed by atoms with Crippen molar-refractivity contribution in [3.63, 3.8) is 0 Å². The Bertz CT molecular complexity index is 838. The van der Waals surface area contributed by atoms with Gasteiger partial charge in [0.2, 0.25) is 0 Å². The molecule has 3 aromatic carbocycles. The molecule has 118 valence electrons. The van der Waals surface area contributed by atoms with Gasteiger partial charge in [-0.15, -0.1) is 0 Å². The number of hydrogen-bond donors (Lipinski definition) is 2. The van der Waals surface area contributed by atoms with Gasteiger partial charge in [-0.1, -0.05) is 48.5 Å². The molecule has 0 radical (unpaired) electrons. The fourth-order valence-corrected chi connectivity index (χ4v) is 2.49. The van der Waals surface area contributed by atoms with Crippen LogP contribution in [0.1, 0.15) is 31.8 Å². The number of hydrogen-bond acceptors (Lipinski definition) is 4. The maximum atomic E-state index is 12.5. The predicted octanol–water partition coefficient (Wildman–Crippen LogP) is 3.31. The Morgan fingerprint density at radius 3 is 1.21 bits per heavy atom. The minimum Gasteiger partial charge on any atom is -0.398 e. The van der Waals surface area contributed by atoms with E-state index in [1.165, 1.54) is 0 Å². The van der Waals surface area contributed by atoms with Crippen molar-refractivity contribution < 1.29 is 9.59 Å². The minimum absolute atomic E-state index is 0.175. The Morgan fingerprint density at radius 1 is 0.542 bits per heavy atom. The van der Waals surface area contributed by atoms with Crippen molar-refractivity contribution in [2.75, 3.05) is 11.5 Å². The average molecular weight is 316 g/mol. The zero-order valence-corrected chi connectivity index (χ0v) is 12.9. The van der Waals surface area contributed by atoms with Crippen LogP contribution in [0.15, 0.2) is 72.8 Å². The summed E-state index contributed by atoms with van der Waals surface area (Å²) in [4.78, 5) is 25.0. The fourth-order valence-electron chi connectivity index (χ4n) is 2.49. The summed E-state index contributed by atoms with van der Waals surface area (Å²) in [6, 6.07) is 20.3. The molecule has 0 fully saturated rings. The molecule has 4 N–H and O–H groups in total. The number of benzene rings is 3. The van der Waals surface area contributed by atoms with E-state index in [-0.39, 0.29) is 11.6 Å². The second-order valence-electron chi connectivity index (χ2n) is 5.41. The molecule has 3 aromatic rings. The smallest absolute Gasteiger partial charge is 0.195 e. The number of nitrogens with two attached hydrogens (primary N) is 2. The molecule has 0 aliphatic carbocycles. The molecule has 0 heterocycles. The Balaban J connectivity index is 1.89. The molecule has 4 nitrogen and oxygen atoms in total. The lowest BCUT2D eigenvalue weighted by molar-refractivity contribution is 0.102. The van der Waals surface area contributed by atoms with Gasteiger partial charge in [0.05, 0.1) is 0 Å². The molecule has 24 heavy (non-hydrogen) atoms. The lowest BCUT2D eigenvalue weighted by Crippen LogP contribution is -2.07. The number of carbonyl (C=O) groups excluding carboxylic acids is 2. The molecule has 0 aromatic heterocycles. The van der Waals surface area contributed by atoms with Gasteiger partial charge in [-0.25, -0.2) is 0 Å². The third-order valence-corrected chi connectivity index (χ3v) is 3.82. The molecule has 4 heteroatoms. The third kappa shape index (κ3) is 2.90. The molecular weight excluding hydrogens is 300 g/mol. The zero-order chi connectivity index (χ0) is 17.1. The Morgan fingerprint density at radius 2 is 0.875 bits per heavy atom. The van der Waals surface area contributed by atoms with Gasteiger partial charge in [0.25, 0.3) is 0 Å². The third-order valence-electron chi connectivity index (χ3n) is 3.82. The molecular formula is C20H16N2O2. The second kappa shape index (κ2) is 6.38. The summed E-state index contributed by atoms with van der Waals surface area (Å²) < 4.78 is 0. The topological polar surface area (TPSA) is 86.2 Å². The van der Waals surface area contributed by atoms with E-state index in [0.29, 0.717) is 33.6 Å². The van der Waals surface area contributed by atoms with Crippen LogP contribution < -0.4 is 11.5 Å². The minimum atomic E-state index is -0.175. The van der Waals surface area contributed by atoms with Gasteiger partial charge >= 0.3 is 0 Å². The van der Waals surface area contributed by atoms with Crippen molar-refractivity contribution in [1.82, 2.24) is 0 Å². The first kappa shape index (κ1) is 15.5. The maximum Gasteiger partial charge on any atom is 0.195 e. The Kier molecular flexibility index (Phi) is 4.12. The highest BCUT2D eigenvalue weighted by Gasteiger charge is 2.15. The first-order valence-electron chi connectivity index (χ1n) is 7.46. The summed E-state index contributed by atoms with van der Waals surface area (Å²) in [7, 11) is 0. The summed E-state index contributed by atoms with van der Waals surface area (Å²) in [6.07, 6.45) is 0. The lowest BCUT2D eigenvalue weighted by Gasteiger charge is -2.07. The van der Waals surface area contributed by atoms with E-state index < -0.39 is 0 Å². The van der Waals surface area contributed by atoms with E-state index >= 15 is 0 Å². The van der Waals surface area contributed by atoms with Crippen LogP contribution in [-0.2, 0) is 0 Å². The summed E-state index contributed by atoms with van der Waals surface area (Å²) in [5, 5.41) is 0. The molecule has 0 spiro atoms. The number of ketones is 2. The molecule has 0 aliphatic rings. The summed E-state index contributed by atoms with van der Waals surface area (Å²) >= 11 is 0. The highest BCUT2D eigenvalue weighted by Crippen LogP contribution is 2.19. The van der Waals surface area contributed by atoms with Gasteiger partial charge in [0.1, 0.15) is 0 Å². The standard InChI is InChI=1S/C20H16N2O2/c21-17-7-3-1-5-15(17)19(23)13-9-11-14(12-10-13)20(24)16-6-2-4-8-18(16)22/h1-12H,21-22H2. The van der Waals surface area contributed by atoms with Crippen LogP contribution in [0.3, 0.4) is 0 Å². The van der Waals surface area contributed by atoms with E-state index in [1.54, 1.807) is 72.8 Å². The van der Waals surface area contributed by atoms with Crippen molar-refractivity contribution in [2.24, 2.45) is 0 Å². The first-order chi connectivity index (χ1) is 11.6. The number of nitrogen functional groups attached to an aromatic ring is 2. The first-order valence-corrected chi connectivity index (χ1v) is 7.46. The highest BCUT2D eigenvalue weighted by atomic mass is 16.1. The summed E-state index contributed by atoms with van der Waals surface area (Å²) in [6.45, 7) is 0. The van der Waals surface area contributed by atoms with Gasteiger partial charge < -0.3 is 11.5 Å². The van der Waals surface area contributed by atoms with E-state index in [2.05, 4.69) is 0 Å². The molecule has 0 unspecified atom stereocenters. The van der Waals surface area contributed by atoms with E-state index in [9.17, 15) is 9.59 Å². The number of rotatable bonds is 4. The zero-order valence-electron chi connectivity index (χ0n) is 12.9. The SMILES string of the molecule is Nc1ccccc1C(=O)c1ccc(C(=O)c2ccccc2N)cc1. The Labute approximate surface area is 139 Å². The monoisotopic (exact) mass is 316 g/mol. The predicted molar refractivity (Wildman–Crippen MR) is 95.0 cm³/mol. The van der Waals surface area contributed by atoms with Crippen molar-refractivity contribution in [2.45, 2.75) is 0 Å². The fraction of sp³-hybridized carbons (Fsp3) is 0. The van der Waals surface area contributed by atoms with Gasteiger partial charge in [0.15, 0.2) is 11.6 Å². The van der Waals surface area contributed by atoms with Crippen LogP contribution in [0.2, 0.25) is 0 Å². The molecule has 0 bridgehead atoms. The van der Waals surface area contributed by atoms with Gasteiger partial charge in [-0.2, -0.15) is 0 Å². The maximum absolute atomic E-state index is 12.5. The van der Waals surface area contributed by atoms with Crippen molar-refractivity contribution in [3.05, 3.63) is 95.1 Å². The Hall–Kier alpha value is -3.40. The number of anilines is 2.